The highest BCUT2D eigenvalue weighted by molar-refractivity contribution is 5.78. The number of carbonyl (C=O) groups excluding carboxylic acids is 1. The van der Waals surface area contributed by atoms with Crippen molar-refractivity contribution in [3.05, 3.63) is 30.0 Å². The first-order valence-electron chi connectivity index (χ1n) is 7.83. The maximum Gasteiger partial charge on any atom is 0.231 e. The Morgan fingerprint density at radius 1 is 1.57 bits per heavy atom. The Balaban J connectivity index is 1.56. The summed E-state index contributed by atoms with van der Waals surface area (Å²) in [4.78, 5) is 15.3. The molecule has 0 unspecified atom stereocenters. The predicted molar refractivity (Wildman–Crippen MR) is 87.8 cm³/mol. The molecule has 3 N–H and O–H groups in total. The Labute approximate surface area is 135 Å². The Kier molecular flexibility index (Phi) is 4.90. The van der Waals surface area contributed by atoms with Gasteiger partial charge in [0.25, 0.3) is 0 Å². The number of primary amides is 1. The number of rotatable bonds is 6. The molecule has 0 bridgehead atoms. The van der Waals surface area contributed by atoms with Gasteiger partial charge in [0.05, 0.1) is 31.0 Å². The van der Waals surface area contributed by atoms with Gasteiger partial charge in [-0.3, -0.25) is 19.7 Å². The molecule has 1 aliphatic rings. The number of carbonyl (C=O) groups is 1. The second kappa shape index (κ2) is 7.08. The smallest absolute Gasteiger partial charge is 0.231 e. The molecule has 0 aliphatic carbocycles. The Morgan fingerprint density at radius 3 is 3.26 bits per heavy atom. The van der Waals surface area contributed by atoms with Crippen LogP contribution in [0.3, 0.4) is 0 Å². The molecule has 1 atom stereocenters. The number of amides is 1. The fraction of sp³-hybridized carbons (Fsp3) is 0.500. The van der Waals surface area contributed by atoms with E-state index in [9.17, 15) is 4.79 Å². The second-order valence-electron chi connectivity index (χ2n) is 6.18. The number of benzene rings is 1. The molecule has 1 amide bonds. The SMILES string of the molecule is CN(CC(N)=O)C[C@H]1CN(Cc2ccc3cn[nH]c3c2)CCO1. The van der Waals surface area contributed by atoms with Gasteiger partial charge >= 0.3 is 0 Å². The molecule has 1 aromatic carbocycles. The van der Waals surface area contributed by atoms with Crippen molar-refractivity contribution in [2.45, 2.75) is 12.6 Å². The van der Waals surface area contributed by atoms with E-state index in [0.717, 1.165) is 30.5 Å². The first kappa shape index (κ1) is 15.9. The molecule has 2 aromatic rings. The van der Waals surface area contributed by atoms with Crippen LogP contribution in [0.4, 0.5) is 0 Å². The number of nitrogens with two attached hydrogens (primary N) is 1. The number of likely N-dealkylation sites (N-methyl/N-ethyl adjacent to an activating group) is 1. The highest BCUT2D eigenvalue weighted by Gasteiger charge is 2.22. The highest BCUT2D eigenvalue weighted by Crippen LogP contribution is 2.16. The van der Waals surface area contributed by atoms with E-state index in [2.05, 4.69) is 33.3 Å². The van der Waals surface area contributed by atoms with Crippen molar-refractivity contribution < 1.29 is 9.53 Å². The van der Waals surface area contributed by atoms with E-state index in [1.807, 2.05) is 18.1 Å². The summed E-state index contributed by atoms with van der Waals surface area (Å²) in [6.07, 6.45) is 1.93. The van der Waals surface area contributed by atoms with Crippen molar-refractivity contribution in [1.82, 2.24) is 20.0 Å². The van der Waals surface area contributed by atoms with Crippen LogP contribution in [0.1, 0.15) is 5.56 Å². The summed E-state index contributed by atoms with van der Waals surface area (Å²) in [5.74, 6) is -0.312. The highest BCUT2D eigenvalue weighted by atomic mass is 16.5. The quantitative estimate of drug-likeness (QED) is 0.794. The number of fused-ring (bicyclic) bond motifs is 1. The molecule has 3 rings (SSSR count). The van der Waals surface area contributed by atoms with Gasteiger partial charge < -0.3 is 10.5 Å². The van der Waals surface area contributed by atoms with E-state index < -0.39 is 0 Å². The molecule has 2 heterocycles. The van der Waals surface area contributed by atoms with Gasteiger partial charge in [0, 0.05) is 31.6 Å². The van der Waals surface area contributed by atoms with Crippen LogP contribution in [0.2, 0.25) is 0 Å². The average Bonchev–Trinajstić information content (AvgIpc) is 2.94. The fourth-order valence-electron chi connectivity index (χ4n) is 3.05. The number of aromatic amines is 1. The number of H-pyrrole nitrogens is 1. The summed E-state index contributed by atoms with van der Waals surface area (Å²) in [7, 11) is 1.89. The summed E-state index contributed by atoms with van der Waals surface area (Å²) < 4.78 is 5.80. The molecule has 7 nitrogen and oxygen atoms in total. The zero-order valence-corrected chi connectivity index (χ0v) is 13.4. The lowest BCUT2D eigenvalue weighted by Gasteiger charge is -2.34. The van der Waals surface area contributed by atoms with Crippen LogP contribution < -0.4 is 5.73 Å². The summed E-state index contributed by atoms with van der Waals surface area (Å²) >= 11 is 0. The monoisotopic (exact) mass is 317 g/mol. The van der Waals surface area contributed by atoms with E-state index >= 15 is 0 Å². The molecular weight excluding hydrogens is 294 g/mol. The van der Waals surface area contributed by atoms with Crippen LogP contribution in [0, 0.1) is 0 Å². The summed E-state index contributed by atoms with van der Waals surface area (Å²) in [5.41, 5.74) is 7.55. The Morgan fingerprint density at radius 2 is 2.43 bits per heavy atom. The third kappa shape index (κ3) is 4.28. The fourth-order valence-corrected chi connectivity index (χ4v) is 3.05. The van der Waals surface area contributed by atoms with Gasteiger partial charge in [0.15, 0.2) is 0 Å². The topological polar surface area (TPSA) is 87.5 Å². The lowest BCUT2D eigenvalue weighted by atomic mass is 10.1. The van der Waals surface area contributed by atoms with Crippen LogP contribution >= 0.6 is 0 Å². The van der Waals surface area contributed by atoms with Crippen molar-refractivity contribution in [2.24, 2.45) is 5.73 Å². The minimum Gasteiger partial charge on any atom is -0.374 e. The second-order valence-corrected chi connectivity index (χ2v) is 6.18. The van der Waals surface area contributed by atoms with Crippen LogP contribution in [-0.4, -0.2) is 71.8 Å². The van der Waals surface area contributed by atoms with E-state index in [-0.39, 0.29) is 18.6 Å². The van der Waals surface area contributed by atoms with Gasteiger partial charge in [-0.05, 0) is 18.7 Å². The maximum atomic E-state index is 11.0. The molecule has 0 radical (unpaired) electrons. The number of nitrogens with zero attached hydrogens (tertiary/aromatic N) is 3. The number of morpholine rings is 1. The van der Waals surface area contributed by atoms with Gasteiger partial charge in [-0.15, -0.1) is 0 Å². The normalized spacial score (nSPS) is 19.5. The van der Waals surface area contributed by atoms with Crippen molar-refractivity contribution in [2.75, 3.05) is 39.8 Å². The maximum absolute atomic E-state index is 11.0. The Bertz CT molecular complexity index is 671. The zero-order valence-electron chi connectivity index (χ0n) is 13.4. The van der Waals surface area contributed by atoms with E-state index in [1.54, 1.807) is 0 Å². The van der Waals surface area contributed by atoms with Crippen LogP contribution in [0.25, 0.3) is 10.9 Å². The molecule has 1 aliphatic heterocycles. The lowest BCUT2D eigenvalue weighted by Crippen LogP contribution is -2.47. The van der Waals surface area contributed by atoms with Crippen LogP contribution in [0.5, 0.6) is 0 Å². The van der Waals surface area contributed by atoms with Crippen LogP contribution in [0.15, 0.2) is 24.4 Å². The number of hydrogen-bond acceptors (Lipinski definition) is 5. The third-order valence-corrected chi connectivity index (χ3v) is 4.08. The zero-order chi connectivity index (χ0) is 16.2. The first-order valence-corrected chi connectivity index (χ1v) is 7.83. The molecule has 1 aromatic heterocycles. The minimum absolute atomic E-state index is 0.101. The number of aromatic nitrogens is 2. The molecule has 0 spiro atoms. The van der Waals surface area contributed by atoms with Gasteiger partial charge in [0.2, 0.25) is 5.91 Å². The summed E-state index contributed by atoms with van der Waals surface area (Å²) in [5, 5.41) is 8.19. The molecule has 23 heavy (non-hydrogen) atoms. The van der Waals surface area contributed by atoms with Gasteiger partial charge in [-0.25, -0.2) is 0 Å². The van der Waals surface area contributed by atoms with Gasteiger partial charge in [0.1, 0.15) is 0 Å². The molecular formula is C16H23N5O2. The number of hydrogen-bond donors (Lipinski definition) is 2. The van der Waals surface area contributed by atoms with Gasteiger partial charge in [-0.2, -0.15) is 5.10 Å². The van der Waals surface area contributed by atoms with E-state index in [1.165, 1.54) is 5.56 Å². The molecule has 7 heteroatoms. The largest absolute Gasteiger partial charge is 0.374 e. The van der Waals surface area contributed by atoms with Crippen molar-refractivity contribution >= 4 is 16.8 Å². The van der Waals surface area contributed by atoms with Crippen LogP contribution in [-0.2, 0) is 16.1 Å². The Hall–Kier alpha value is -1.96. The van der Waals surface area contributed by atoms with E-state index in [0.29, 0.717) is 13.2 Å². The number of ether oxygens (including phenoxy) is 1. The average molecular weight is 317 g/mol. The van der Waals surface area contributed by atoms with Crippen molar-refractivity contribution in [3.63, 3.8) is 0 Å². The van der Waals surface area contributed by atoms with Crippen molar-refractivity contribution in [3.8, 4) is 0 Å². The molecule has 1 saturated heterocycles. The lowest BCUT2D eigenvalue weighted by molar-refractivity contribution is -0.119. The van der Waals surface area contributed by atoms with Crippen molar-refractivity contribution in [1.29, 1.82) is 0 Å². The van der Waals surface area contributed by atoms with E-state index in [4.69, 9.17) is 10.5 Å². The summed E-state index contributed by atoms with van der Waals surface area (Å²) in [6, 6.07) is 6.38. The molecule has 0 saturated carbocycles. The summed E-state index contributed by atoms with van der Waals surface area (Å²) in [6.45, 7) is 4.33. The third-order valence-electron chi connectivity index (χ3n) is 4.08. The first-order chi connectivity index (χ1) is 11.1. The van der Waals surface area contributed by atoms with Gasteiger partial charge in [-0.1, -0.05) is 12.1 Å². The standard InChI is InChI=1S/C16H23N5O2/c1-20(11-16(17)22)9-14-10-21(4-5-23-14)8-12-2-3-13-7-18-19-15(13)6-12/h2-3,6-7,14H,4-5,8-11H2,1H3,(H2,17,22)(H,18,19)/t14-/m0/s1. The molecule has 1 fully saturated rings. The molecule has 124 valence electrons. The predicted octanol–water partition coefficient (Wildman–Crippen LogP) is 0.181. The minimum atomic E-state index is -0.312. The number of nitrogens with one attached hydrogen (secondary N) is 1.